The standard InChI is InChI=1S/C14H13F3O2S/c15-14(16,17)13(19)9-12(18)11-6-4-10(5-7-11)3-1-2-8-20/h1,3-7,20H,2,8-9H2. The van der Waals surface area contributed by atoms with Crippen LogP contribution in [0.1, 0.15) is 28.8 Å². The van der Waals surface area contributed by atoms with E-state index in [0.29, 0.717) is 5.75 Å². The maximum atomic E-state index is 12.0. The lowest BCUT2D eigenvalue weighted by molar-refractivity contribution is -0.170. The Hall–Kier alpha value is -1.56. The van der Waals surface area contributed by atoms with Gasteiger partial charge < -0.3 is 0 Å². The van der Waals surface area contributed by atoms with Crippen molar-refractivity contribution in [3.63, 3.8) is 0 Å². The van der Waals surface area contributed by atoms with Crippen LogP contribution in [0.3, 0.4) is 0 Å². The molecule has 0 aliphatic carbocycles. The molecule has 20 heavy (non-hydrogen) atoms. The number of carbonyl (C=O) groups is 2. The predicted octanol–water partition coefficient (Wildman–Crippen LogP) is 3.72. The van der Waals surface area contributed by atoms with E-state index in [1.165, 1.54) is 12.1 Å². The van der Waals surface area contributed by atoms with Crippen molar-refractivity contribution in [3.8, 4) is 0 Å². The molecule has 1 rings (SSSR count). The highest BCUT2D eigenvalue weighted by atomic mass is 32.1. The van der Waals surface area contributed by atoms with Gasteiger partial charge in [-0.05, 0) is 17.7 Å². The molecule has 2 nitrogen and oxygen atoms in total. The van der Waals surface area contributed by atoms with Gasteiger partial charge in [-0.2, -0.15) is 25.8 Å². The summed E-state index contributed by atoms with van der Waals surface area (Å²) in [5.74, 6) is -2.15. The highest BCUT2D eigenvalue weighted by Gasteiger charge is 2.39. The summed E-state index contributed by atoms with van der Waals surface area (Å²) in [6.07, 6.45) is -1.60. The van der Waals surface area contributed by atoms with Gasteiger partial charge in [0.05, 0.1) is 6.42 Å². The molecule has 0 aliphatic rings. The van der Waals surface area contributed by atoms with Crippen molar-refractivity contribution >= 4 is 30.3 Å². The molecule has 0 fully saturated rings. The quantitative estimate of drug-likeness (QED) is 0.493. The molecular formula is C14H13F3O2S. The SMILES string of the molecule is O=C(CC(=O)C(F)(F)F)c1ccc(C=CCCS)cc1. The Morgan fingerprint density at radius 3 is 2.25 bits per heavy atom. The molecular weight excluding hydrogens is 289 g/mol. The van der Waals surface area contributed by atoms with Gasteiger partial charge in [-0.1, -0.05) is 36.4 Å². The van der Waals surface area contributed by atoms with Crippen molar-refractivity contribution in [2.75, 3.05) is 5.75 Å². The third kappa shape index (κ3) is 5.21. The van der Waals surface area contributed by atoms with Gasteiger partial charge in [-0.15, -0.1) is 0 Å². The second kappa shape index (κ2) is 7.28. The Bertz CT molecular complexity index is 504. The lowest BCUT2D eigenvalue weighted by Crippen LogP contribution is -2.25. The number of benzene rings is 1. The molecule has 108 valence electrons. The molecule has 1 aromatic carbocycles. The van der Waals surface area contributed by atoms with Crippen LogP contribution in [0.5, 0.6) is 0 Å². The second-order valence-corrected chi connectivity index (χ2v) is 4.50. The maximum absolute atomic E-state index is 12.0. The minimum atomic E-state index is -4.97. The topological polar surface area (TPSA) is 34.1 Å². The number of carbonyl (C=O) groups excluding carboxylic acids is 2. The van der Waals surface area contributed by atoms with E-state index in [0.717, 1.165) is 12.0 Å². The summed E-state index contributed by atoms with van der Waals surface area (Å²) < 4.78 is 36.1. The van der Waals surface area contributed by atoms with Crippen LogP contribution in [0, 0.1) is 0 Å². The van der Waals surface area contributed by atoms with Crippen molar-refractivity contribution in [2.45, 2.75) is 19.0 Å². The Labute approximate surface area is 120 Å². The van der Waals surface area contributed by atoms with Gasteiger partial charge in [-0.3, -0.25) is 9.59 Å². The normalized spacial score (nSPS) is 11.8. The molecule has 0 heterocycles. The highest BCUT2D eigenvalue weighted by Crippen LogP contribution is 2.19. The van der Waals surface area contributed by atoms with Crippen LogP contribution in [0.15, 0.2) is 30.3 Å². The molecule has 6 heteroatoms. The second-order valence-electron chi connectivity index (χ2n) is 4.06. The summed E-state index contributed by atoms with van der Waals surface area (Å²) >= 11 is 4.05. The average Bonchev–Trinajstić information content (AvgIpc) is 2.38. The van der Waals surface area contributed by atoms with Crippen LogP contribution in [0.2, 0.25) is 0 Å². The first-order chi connectivity index (χ1) is 9.34. The van der Waals surface area contributed by atoms with E-state index in [1.54, 1.807) is 12.1 Å². The molecule has 0 bridgehead atoms. The minimum absolute atomic E-state index is 0.0916. The molecule has 0 amide bonds. The van der Waals surface area contributed by atoms with Crippen LogP contribution in [0.25, 0.3) is 6.08 Å². The van der Waals surface area contributed by atoms with Crippen molar-refractivity contribution in [2.24, 2.45) is 0 Å². The lowest BCUT2D eigenvalue weighted by atomic mass is 10.0. The third-order valence-corrected chi connectivity index (χ3v) is 2.73. The van der Waals surface area contributed by atoms with E-state index in [2.05, 4.69) is 12.6 Å². The summed E-state index contributed by atoms with van der Waals surface area (Å²) in [6.45, 7) is 0. The summed E-state index contributed by atoms with van der Waals surface area (Å²) in [5, 5.41) is 0. The average molecular weight is 302 g/mol. The van der Waals surface area contributed by atoms with Crippen LogP contribution < -0.4 is 0 Å². The summed E-state index contributed by atoms with van der Waals surface area (Å²) in [4.78, 5) is 22.2. The Morgan fingerprint density at radius 2 is 1.75 bits per heavy atom. The van der Waals surface area contributed by atoms with Gasteiger partial charge in [0.1, 0.15) is 0 Å². The molecule has 0 N–H and O–H groups in total. The first-order valence-electron chi connectivity index (χ1n) is 5.85. The van der Waals surface area contributed by atoms with Gasteiger partial charge in [0, 0.05) is 5.56 Å². The largest absolute Gasteiger partial charge is 0.450 e. The maximum Gasteiger partial charge on any atom is 0.450 e. The fourth-order valence-corrected chi connectivity index (χ4v) is 1.57. The number of rotatable bonds is 6. The number of ketones is 2. The van der Waals surface area contributed by atoms with Gasteiger partial charge in [-0.25, -0.2) is 0 Å². The fourth-order valence-electron chi connectivity index (χ4n) is 1.42. The summed E-state index contributed by atoms with van der Waals surface area (Å²) in [7, 11) is 0. The molecule has 0 saturated carbocycles. The van der Waals surface area contributed by atoms with Crippen LogP contribution >= 0.6 is 12.6 Å². The Morgan fingerprint density at radius 1 is 1.15 bits per heavy atom. The molecule has 0 unspecified atom stereocenters. The van der Waals surface area contributed by atoms with E-state index in [4.69, 9.17) is 0 Å². The van der Waals surface area contributed by atoms with Gasteiger partial charge >= 0.3 is 6.18 Å². The van der Waals surface area contributed by atoms with Crippen LogP contribution in [-0.4, -0.2) is 23.5 Å². The monoisotopic (exact) mass is 302 g/mol. The minimum Gasteiger partial charge on any atom is -0.294 e. The van der Waals surface area contributed by atoms with Gasteiger partial charge in [0.15, 0.2) is 5.78 Å². The van der Waals surface area contributed by atoms with E-state index >= 15 is 0 Å². The Kier molecular flexibility index (Phi) is 6.01. The molecule has 0 aliphatic heterocycles. The predicted molar refractivity (Wildman–Crippen MR) is 74.0 cm³/mol. The first-order valence-corrected chi connectivity index (χ1v) is 6.48. The number of alkyl halides is 3. The smallest absolute Gasteiger partial charge is 0.294 e. The summed E-state index contributed by atoms with van der Waals surface area (Å²) in [6, 6.07) is 6.04. The van der Waals surface area contributed by atoms with Crippen molar-refractivity contribution in [3.05, 3.63) is 41.5 Å². The zero-order valence-corrected chi connectivity index (χ0v) is 11.4. The van der Waals surface area contributed by atoms with Gasteiger partial charge in [0.2, 0.25) is 5.78 Å². The molecule has 0 radical (unpaired) electrons. The molecule has 0 saturated heterocycles. The van der Waals surface area contributed by atoms with Crippen LogP contribution in [-0.2, 0) is 4.79 Å². The fraction of sp³-hybridized carbons (Fsp3) is 0.286. The number of Topliss-reactive ketones (excluding diaryl/α,β-unsaturated/α-hetero) is 2. The van der Waals surface area contributed by atoms with Crippen LogP contribution in [0.4, 0.5) is 13.2 Å². The number of hydrogen-bond acceptors (Lipinski definition) is 3. The number of halogens is 3. The van der Waals surface area contributed by atoms with Crippen molar-refractivity contribution in [1.29, 1.82) is 0 Å². The lowest BCUT2D eigenvalue weighted by Gasteiger charge is -2.04. The Balaban J connectivity index is 2.69. The zero-order valence-electron chi connectivity index (χ0n) is 10.5. The molecule has 0 spiro atoms. The molecule has 0 aromatic heterocycles. The van der Waals surface area contributed by atoms with E-state index in [9.17, 15) is 22.8 Å². The third-order valence-electron chi connectivity index (χ3n) is 2.48. The van der Waals surface area contributed by atoms with Crippen molar-refractivity contribution < 1.29 is 22.8 Å². The van der Waals surface area contributed by atoms with Crippen molar-refractivity contribution in [1.82, 2.24) is 0 Å². The number of thiol groups is 1. The summed E-state index contributed by atoms with van der Waals surface area (Å²) in [5.41, 5.74) is 0.916. The number of allylic oxidation sites excluding steroid dienone is 1. The zero-order chi connectivity index (χ0) is 15.2. The first kappa shape index (κ1) is 16.5. The highest BCUT2D eigenvalue weighted by molar-refractivity contribution is 7.80. The van der Waals surface area contributed by atoms with E-state index in [1.807, 2.05) is 12.2 Å². The van der Waals surface area contributed by atoms with E-state index < -0.39 is 24.2 Å². The molecule has 0 atom stereocenters. The van der Waals surface area contributed by atoms with E-state index in [-0.39, 0.29) is 5.56 Å². The molecule has 1 aromatic rings. The van der Waals surface area contributed by atoms with Gasteiger partial charge in [0.25, 0.3) is 0 Å². The number of hydrogen-bond donors (Lipinski definition) is 1.